The summed E-state index contributed by atoms with van der Waals surface area (Å²) in [5.74, 6) is -6.34. The van der Waals surface area contributed by atoms with E-state index in [-0.39, 0.29) is 212 Å². The van der Waals surface area contributed by atoms with Crippen LogP contribution in [0.15, 0.2) is 291 Å². The Bertz CT molecular complexity index is 5810. The van der Waals surface area contributed by atoms with Crippen LogP contribution in [0.2, 0.25) is 0 Å². The molecule has 6 amide bonds. The molecule has 22 nitrogen and oxygen atoms in total. The Hall–Kier alpha value is -15.6. The van der Waals surface area contributed by atoms with Gasteiger partial charge >= 0.3 is 23.9 Å². The predicted molar refractivity (Wildman–Crippen MR) is 486 cm³/mol. The second kappa shape index (κ2) is 38.3. The average Bonchev–Trinajstić information content (AvgIpc) is 0.669. The number of hydrogen-bond acceptors (Lipinski definition) is 18. The van der Waals surface area contributed by atoms with Gasteiger partial charge in [0.15, 0.2) is 0 Å². The number of esters is 4. The molecule has 0 aliphatic carbocycles. The van der Waals surface area contributed by atoms with Gasteiger partial charge in [-0.2, -0.15) is 0 Å². The topological polar surface area (TPSA) is 258 Å². The largest absolute Gasteiger partial charge is 0.462 e. The van der Waals surface area contributed by atoms with Crippen molar-refractivity contribution in [2.45, 2.75) is 105 Å². The zero-order chi connectivity index (χ0) is 90.1. The standard InChI is InChI=1S/C106H92N4O18/c1-63(2)103(117)121-51-47-69-31-39-77(40-32-69)125-85-55-81-89-82(100(114)109(99(81)113)67(9)97(111)107(59-73-23-15-11-16-24-73)60-74-25-17-12-18-26-74)57-87(127-79-43-35-71(36-44-79)49-53-123-105(119)65(5)6)93-94-88(128-80-45-37-72(38-46-80)50-54-124-106(120)66(7)8)58-84-90-83(56-86(92(96(90)94)91(85)95(89)93)126-78-41-33-70(34-42-78)48-52-122-104(118)64(3)4)101(115)110(102(84)116)68(10)98(112)108(61-75-27-19-13-20-28-75)62-76-29-21-14-22-30-76/h11-46,55-58,67-68H,1,3,5,7,47-54,59-62H2,2,4,6,8-10H3. The molecule has 644 valence electrons. The van der Waals surface area contributed by atoms with Crippen LogP contribution in [0.25, 0.3) is 43.1 Å². The van der Waals surface area contributed by atoms with Gasteiger partial charge in [-0.15, -0.1) is 0 Å². The van der Waals surface area contributed by atoms with E-state index in [0.717, 1.165) is 54.3 Å². The minimum absolute atomic E-state index is 0.0136. The van der Waals surface area contributed by atoms with E-state index in [1.165, 1.54) is 38.1 Å². The van der Waals surface area contributed by atoms with Crippen molar-refractivity contribution >= 4 is 102 Å². The van der Waals surface area contributed by atoms with E-state index >= 15 is 28.8 Å². The number of carbonyl (C=O) groups excluding carboxylic acids is 10. The molecule has 0 N–H and O–H groups in total. The van der Waals surface area contributed by atoms with E-state index in [9.17, 15) is 19.2 Å². The minimum atomic E-state index is -1.49. The zero-order valence-electron chi connectivity index (χ0n) is 71.7. The monoisotopic (exact) mass is 1710 g/mol. The van der Waals surface area contributed by atoms with Gasteiger partial charge in [0.25, 0.3) is 23.6 Å². The number of ether oxygens (including phenoxy) is 8. The van der Waals surface area contributed by atoms with E-state index in [4.69, 9.17) is 37.9 Å². The highest BCUT2D eigenvalue weighted by molar-refractivity contribution is 6.45. The number of rotatable bonds is 36. The van der Waals surface area contributed by atoms with Crippen molar-refractivity contribution in [3.63, 3.8) is 0 Å². The van der Waals surface area contributed by atoms with Crippen molar-refractivity contribution in [3.8, 4) is 46.0 Å². The van der Waals surface area contributed by atoms with E-state index < -0.39 is 71.4 Å². The Morgan fingerprint density at radius 2 is 0.484 bits per heavy atom. The number of imide groups is 2. The first kappa shape index (κ1) is 87.3. The van der Waals surface area contributed by atoms with Crippen LogP contribution in [0, 0.1) is 0 Å². The fourth-order valence-corrected chi connectivity index (χ4v) is 15.9. The van der Waals surface area contributed by atoms with E-state index in [2.05, 4.69) is 26.3 Å². The van der Waals surface area contributed by atoms with Crippen molar-refractivity contribution < 1.29 is 85.8 Å². The molecule has 2 aliphatic heterocycles. The lowest BCUT2D eigenvalue weighted by Gasteiger charge is -2.36. The van der Waals surface area contributed by atoms with Crippen molar-refractivity contribution in [2.24, 2.45) is 0 Å². The van der Waals surface area contributed by atoms with Gasteiger partial charge in [-0.1, -0.05) is 196 Å². The number of benzene rings is 13. The highest BCUT2D eigenvalue weighted by Gasteiger charge is 2.46. The van der Waals surface area contributed by atoms with Gasteiger partial charge in [0, 0.05) is 117 Å². The van der Waals surface area contributed by atoms with Crippen LogP contribution in [0.1, 0.15) is 127 Å². The van der Waals surface area contributed by atoms with Crippen molar-refractivity contribution in [1.29, 1.82) is 0 Å². The number of amides is 6. The summed E-state index contributed by atoms with van der Waals surface area (Å²) in [6.07, 6.45) is 1.14. The maximum Gasteiger partial charge on any atom is 0.333 e. The van der Waals surface area contributed by atoms with Crippen LogP contribution < -0.4 is 18.9 Å². The molecule has 22 heteroatoms. The quantitative estimate of drug-likeness (QED) is 0.00882. The van der Waals surface area contributed by atoms with Gasteiger partial charge in [0.05, 0.1) is 48.7 Å². The lowest BCUT2D eigenvalue weighted by Crippen LogP contribution is -2.53. The molecular weight excluding hydrogens is 1620 g/mol. The lowest BCUT2D eigenvalue weighted by atomic mass is 9.80. The van der Waals surface area contributed by atoms with Crippen LogP contribution >= 0.6 is 0 Å². The maximum atomic E-state index is 16.7. The maximum absolute atomic E-state index is 16.7. The first-order valence-electron chi connectivity index (χ1n) is 42.0. The third kappa shape index (κ3) is 18.9. The van der Waals surface area contributed by atoms with Crippen molar-refractivity contribution in [3.05, 3.63) is 358 Å². The first-order chi connectivity index (χ1) is 61.7. The fourth-order valence-electron chi connectivity index (χ4n) is 15.9. The van der Waals surface area contributed by atoms with Crippen LogP contribution in [0.4, 0.5) is 0 Å². The van der Waals surface area contributed by atoms with Gasteiger partial charge in [-0.3, -0.25) is 38.6 Å². The normalized spacial score (nSPS) is 12.6. The summed E-state index contributed by atoms with van der Waals surface area (Å²) in [5.41, 5.74) is 6.56. The molecule has 0 aromatic heterocycles. The van der Waals surface area contributed by atoms with Crippen molar-refractivity contribution in [2.75, 3.05) is 26.4 Å². The molecule has 0 saturated heterocycles. The van der Waals surface area contributed by atoms with E-state index in [0.29, 0.717) is 0 Å². The van der Waals surface area contributed by atoms with Gasteiger partial charge in [-0.25, -0.2) is 19.2 Å². The number of nitrogens with zero attached hydrogens (tertiary/aromatic N) is 4. The molecule has 2 heterocycles. The molecule has 13 aromatic rings. The Labute approximate surface area is 739 Å². The molecule has 0 saturated carbocycles. The molecule has 2 aliphatic rings. The Kier molecular flexibility index (Phi) is 26.1. The van der Waals surface area contributed by atoms with Gasteiger partial charge in [0.1, 0.15) is 58.1 Å². The summed E-state index contributed by atoms with van der Waals surface area (Å²) in [7, 11) is 0. The second-order valence-corrected chi connectivity index (χ2v) is 32.0. The van der Waals surface area contributed by atoms with E-state index in [1.54, 1.807) is 135 Å². The summed E-state index contributed by atoms with van der Waals surface area (Å²) in [6, 6.07) is 68.2. The van der Waals surface area contributed by atoms with Crippen LogP contribution in [-0.4, -0.2) is 117 Å². The van der Waals surface area contributed by atoms with Gasteiger partial charge < -0.3 is 47.7 Å². The predicted octanol–water partition coefficient (Wildman–Crippen LogP) is 20.0. The molecular formula is C106H92N4O18. The molecule has 128 heavy (non-hydrogen) atoms. The van der Waals surface area contributed by atoms with Crippen molar-refractivity contribution in [1.82, 2.24) is 19.6 Å². The smallest absolute Gasteiger partial charge is 0.333 e. The third-order valence-electron chi connectivity index (χ3n) is 22.4. The second-order valence-electron chi connectivity index (χ2n) is 32.0. The summed E-state index contributed by atoms with van der Waals surface area (Å²) in [6.45, 7) is 24.5. The minimum Gasteiger partial charge on any atom is -0.462 e. The van der Waals surface area contributed by atoms with Gasteiger partial charge in [-0.05, 0) is 159 Å². The third-order valence-corrected chi connectivity index (χ3v) is 22.4. The van der Waals surface area contributed by atoms with Crippen LogP contribution in [-0.2, 0) is 99.6 Å². The van der Waals surface area contributed by atoms with Crippen LogP contribution in [0.5, 0.6) is 46.0 Å². The lowest BCUT2D eigenvalue weighted by molar-refractivity contribution is -0.139. The number of hydrogen-bond donors (Lipinski definition) is 0. The molecule has 15 rings (SSSR count). The summed E-state index contributed by atoms with van der Waals surface area (Å²) >= 11 is 0. The fraction of sp³-hybridized carbons (Fsp3) is 0.189. The number of carbonyl (C=O) groups is 10. The average molecular weight is 1710 g/mol. The molecule has 0 radical (unpaired) electrons. The molecule has 0 fully saturated rings. The SMILES string of the molecule is C=C(C)C(=O)OCCc1ccc(Oc2cc3c4c(cc(Oc5ccc(CCOC(=O)C(=C)C)cc5)c5c6c(Oc7ccc(CCOC(=O)C(=C)C)cc7)cc7c8c(cc(Oc9ccc(CCOC(=O)C(=C)C)cc9)c(c2c45)c86)C(=O)N(C(C)C(=O)N(Cc2ccccc2)Cc2ccccc2)C7=O)C(=O)N(C(C)C(=O)N(Cc2ccccc2)Cc2ccccc2)C3=O)cc1. The highest BCUT2D eigenvalue weighted by Crippen LogP contribution is 2.58. The molecule has 0 bridgehead atoms. The Morgan fingerprint density at radius 3 is 0.680 bits per heavy atom. The summed E-state index contributed by atoms with van der Waals surface area (Å²) in [5, 5.41) is 0.985. The summed E-state index contributed by atoms with van der Waals surface area (Å²) in [4.78, 5) is 154. The Balaban J connectivity index is 1.02. The summed E-state index contributed by atoms with van der Waals surface area (Å²) < 4.78 is 51.4. The van der Waals surface area contributed by atoms with Crippen LogP contribution in [0.3, 0.4) is 0 Å². The Morgan fingerprint density at radius 1 is 0.281 bits per heavy atom. The molecule has 0 spiro atoms. The first-order valence-corrected chi connectivity index (χ1v) is 42.0. The van der Waals surface area contributed by atoms with E-state index in [1.807, 2.05) is 121 Å². The molecule has 2 atom stereocenters. The molecule has 13 aromatic carbocycles. The van der Waals surface area contributed by atoms with Gasteiger partial charge in [0.2, 0.25) is 11.8 Å². The highest BCUT2D eigenvalue weighted by atomic mass is 16.5. The zero-order valence-corrected chi connectivity index (χ0v) is 71.7. The molecule has 2 unspecified atom stereocenters. The number of fused-ring (bicyclic) bond motifs is 2.